The van der Waals surface area contributed by atoms with Gasteiger partial charge in [0.1, 0.15) is 0 Å². The van der Waals surface area contributed by atoms with Crippen LogP contribution >= 0.6 is 0 Å². The first-order valence-electron chi connectivity index (χ1n) is 5.82. The third-order valence-corrected chi connectivity index (χ3v) is 5.29. The molecule has 1 atom stereocenters. The number of carbonyl (C=O) groups excluding carboxylic acids is 1. The van der Waals surface area contributed by atoms with Crippen LogP contribution in [0.1, 0.15) is 11.1 Å². The Balaban J connectivity index is 2.90. The summed E-state index contributed by atoms with van der Waals surface area (Å²) in [6, 6.07) is 6.29. The van der Waals surface area contributed by atoms with Crippen LogP contribution in [-0.4, -0.2) is 43.0 Å². The summed E-state index contributed by atoms with van der Waals surface area (Å²) < 4.78 is 6.30. The molecule has 18 heavy (non-hydrogen) atoms. The standard InChI is InChI=1S/C14H21INO2/c1-10-6-7-11(8-12(10)15-2)9-13(16(3)4)14(17)18-5/h6-8,13H,9H2,1-5H3/q-1. The Morgan fingerprint density at radius 1 is 1.44 bits per heavy atom. The van der Waals surface area contributed by atoms with Crippen molar-refractivity contribution in [2.75, 3.05) is 26.1 Å². The van der Waals surface area contributed by atoms with E-state index in [9.17, 15) is 4.79 Å². The van der Waals surface area contributed by atoms with Gasteiger partial charge < -0.3 is 0 Å². The van der Waals surface area contributed by atoms with Gasteiger partial charge in [-0.2, -0.15) is 0 Å². The Morgan fingerprint density at radius 2 is 2.11 bits per heavy atom. The predicted molar refractivity (Wildman–Crippen MR) is 69.0 cm³/mol. The van der Waals surface area contributed by atoms with Crippen LogP contribution in [0.5, 0.6) is 0 Å². The van der Waals surface area contributed by atoms with Gasteiger partial charge in [-0.25, -0.2) is 0 Å². The number of halogens is 1. The van der Waals surface area contributed by atoms with Crippen molar-refractivity contribution in [1.82, 2.24) is 4.90 Å². The molecule has 0 spiro atoms. The predicted octanol–water partition coefficient (Wildman–Crippen LogP) is -1.47. The van der Waals surface area contributed by atoms with Crippen LogP contribution in [0.15, 0.2) is 18.2 Å². The van der Waals surface area contributed by atoms with E-state index in [4.69, 9.17) is 4.74 Å². The number of hydrogen-bond donors (Lipinski definition) is 0. The van der Waals surface area contributed by atoms with Crippen molar-refractivity contribution in [3.8, 4) is 0 Å². The summed E-state index contributed by atoms with van der Waals surface area (Å²) in [5.41, 5.74) is 2.56. The van der Waals surface area contributed by atoms with Gasteiger partial charge in [0.15, 0.2) is 0 Å². The van der Waals surface area contributed by atoms with Gasteiger partial charge in [-0.1, -0.05) is 0 Å². The van der Waals surface area contributed by atoms with E-state index < -0.39 is 0 Å². The number of carbonyl (C=O) groups is 1. The molecule has 0 N–H and O–H groups in total. The Labute approximate surface area is 120 Å². The molecule has 1 unspecified atom stereocenters. The first-order chi connectivity index (χ1) is 8.49. The van der Waals surface area contributed by atoms with Crippen LogP contribution in [0.2, 0.25) is 0 Å². The normalized spacial score (nSPS) is 12.8. The molecular formula is C14H21INO2-. The van der Waals surface area contributed by atoms with E-state index in [-0.39, 0.29) is 33.2 Å². The molecule has 0 amide bonds. The average Bonchev–Trinajstić information content (AvgIpc) is 2.36. The zero-order chi connectivity index (χ0) is 13.7. The molecule has 0 aliphatic rings. The molecule has 102 valence electrons. The SMILES string of the molecule is COC(=O)C(Cc1ccc(C)c([I-]C)c1)N(C)C. The summed E-state index contributed by atoms with van der Waals surface area (Å²) in [5.74, 6) is -0.173. The molecule has 4 heteroatoms. The fraction of sp³-hybridized carbons (Fsp3) is 0.500. The molecule has 0 aromatic heterocycles. The third-order valence-electron chi connectivity index (χ3n) is 2.97. The summed E-state index contributed by atoms with van der Waals surface area (Å²) in [5, 5.41) is 0. The van der Waals surface area contributed by atoms with Crippen LogP contribution in [0.25, 0.3) is 0 Å². The molecule has 3 nitrogen and oxygen atoms in total. The number of aryl methyl sites for hydroxylation is 1. The van der Waals surface area contributed by atoms with E-state index in [0.717, 1.165) is 0 Å². The molecular weight excluding hydrogens is 341 g/mol. The number of nitrogens with zero attached hydrogens (tertiary/aromatic N) is 1. The fourth-order valence-electron chi connectivity index (χ4n) is 1.80. The number of methoxy groups -OCH3 is 1. The maximum atomic E-state index is 11.7. The van der Waals surface area contributed by atoms with Crippen molar-refractivity contribution in [1.29, 1.82) is 0 Å². The zero-order valence-corrected chi connectivity index (χ0v) is 13.8. The number of alkyl halides is 1. The third kappa shape index (κ3) is 3.95. The summed E-state index contributed by atoms with van der Waals surface area (Å²) in [4.78, 5) is 15.9. The van der Waals surface area contributed by atoms with E-state index in [2.05, 4.69) is 30.1 Å². The van der Waals surface area contributed by atoms with Gasteiger partial charge >= 0.3 is 120 Å². The van der Waals surface area contributed by atoms with E-state index >= 15 is 0 Å². The molecule has 0 bridgehead atoms. The van der Waals surface area contributed by atoms with Gasteiger partial charge in [0.05, 0.1) is 0 Å². The number of hydrogen-bond acceptors (Lipinski definition) is 3. The molecule has 0 heterocycles. The Hall–Kier alpha value is -0.620. The molecule has 0 radical (unpaired) electrons. The number of benzene rings is 1. The summed E-state index contributed by atoms with van der Waals surface area (Å²) in [6.07, 6.45) is 0.705. The Morgan fingerprint density at radius 3 is 2.61 bits per heavy atom. The summed E-state index contributed by atoms with van der Waals surface area (Å²) in [7, 11) is 5.25. The van der Waals surface area contributed by atoms with Gasteiger partial charge in [0.2, 0.25) is 0 Å². The minimum atomic E-state index is -0.208. The molecule has 1 aromatic rings. The van der Waals surface area contributed by atoms with Crippen LogP contribution in [0.4, 0.5) is 0 Å². The van der Waals surface area contributed by atoms with Crippen molar-refractivity contribution in [2.24, 2.45) is 0 Å². The molecule has 0 aliphatic carbocycles. The van der Waals surface area contributed by atoms with Crippen molar-refractivity contribution < 1.29 is 30.7 Å². The minimum absolute atomic E-state index is 0.0798. The molecule has 1 aromatic carbocycles. The Kier molecular flexibility index (Phi) is 6.08. The van der Waals surface area contributed by atoms with Gasteiger partial charge in [-0.05, 0) is 0 Å². The molecule has 1 rings (SSSR count). The van der Waals surface area contributed by atoms with Crippen molar-refractivity contribution in [3.05, 3.63) is 32.9 Å². The first kappa shape index (κ1) is 15.4. The molecule has 0 saturated carbocycles. The maximum absolute atomic E-state index is 11.7. The summed E-state index contributed by atoms with van der Waals surface area (Å²) >= 11 is 0.0798. The number of rotatable bonds is 5. The van der Waals surface area contributed by atoms with E-state index in [0.29, 0.717) is 6.42 Å². The topological polar surface area (TPSA) is 29.5 Å². The molecule has 0 aliphatic heterocycles. The molecule has 0 saturated heterocycles. The first-order valence-corrected chi connectivity index (χ1v) is 9.06. The second kappa shape index (κ2) is 7.09. The van der Waals surface area contributed by atoms with Crippen molar-refractivity contribution in [3.63, 3.8) is 0 Å². The van der Waals surface area contributed by atoms with Crippen molar-refractivity contribution in [2.45, 2.75) is 19.4 Å². The van der Waals surface area contributed by atoms with E-state index in [1.807, 2.05) is 19.0 Å². The fourth-order valence-corrected chi connectivity index (χ4v) is 3.54. The quantitative estimate of drug-likeness (QED) is 0.364. The number of ether oxygens (including phenoxy) is 1. The van der Waals surface area contributed by atoms with Crippen molar-refractivity contribution >= 4 is 5.97 Å². The number of likely N-dealkylation sites (N-methyl/N-ethyl adjacent to an activating group) is 1. The van der Waals surface area contributed by atoms with Crippen LogP contribution in [0, 0.1) is 10.5 Å². The van der Waals surface area contributed by atoms with Gasteiger partial charge in [0, 0.05) is 0 Å². The number of esters is 1. The Bertz CT molecular complexity index is 418. The van der Waals surface area contributed by atoms with Gasteiger partial charge in [-0.3, -0.25) is 0 Å². The van der Waals surface area contributed by atoms with Gasteiger partial charge in [-0.15, -0.1) is 0 Å². The summed E-state index contributed by atoms with van der Waals surface area (Å²) in [6.45, 7) is 2.14. The average molecular weight is 362 g/mol. The monoisotopic (exact) mass is 362 g/mol. The van der Waals surface area contributed by atoms with Crippen LogP contribution < -0.4 is 21.2 Å². The van der Waals surface area contributed by atoms with E-state index in [1.54, 1.807) is 0 Å². The van der Waals surface area contributed by atoms with Crippen LogP contribution in [-0.2, 0) is 16.0 Å². The zero-order valence-electron chi connectivity index (χ0n) is 11.7. The van der Waals surface area contributed by atoms with E-state index in [1.165, 1.54) is 21.8 Å². The second-order valence-electron chi connectivity index (χ2n) is 4.48. The second-order valence-corrected chi connectivity index (χ2v) is 6.72. The van der Waals surface area contributed by atoms with Gasteiger partial charge in [0.25, 0.3) is 0 Å². The molecule has 0 fully saturated rings. The van der Waals surface area contributed by atoms with Crippen LogP contribution in [0.3, 0.4) is 0 Å².